The van der Waals surface area contributed by atoms with E-state index < -0.39 is 11.9 Å². The molecule has 0 aliphatic rings. The third-order valence-corrected chi connectivity index (χ3v) is 4.83. The number of ether oxygens (including phenoxy) is 3. The van der Waals surface area contributed by atoms with Gasteiger partial charge in [0, 0.05) is 6.42 Å². The highest BCUT2D eigenvalue weighted by Crippen LogP contribution is 2.29. The number of nitrogens with one attached hydrogen (secondary N) is 1. The molecule has 1 aromatic carbocycles. The predicted molar refractivity (Wildman–Crippen MR) is 124 cm³/mol. The molecule has 0 fully saturated rings. The summed E-state index contributed by atoms with van der Waals surface area (Å²) in [4.78, 5) is 37.2. The second-order valence-electron chi connectivity index (χ2n) is 8.45. The molecule has 0 bridgehead atoms. The number of benzene rings is 1. The van der Waals surface area contributed by atoms with E-state index in [0.29, 0.717) is 13.0 Å². The van der Waals surface area contributed by atoms with Crippen molar-refractivity contribution in [3.63, 3.8) is 0 Å². The van der Waals surface area contributed by atoms with E-state index in [1.54, 1.807) is 13.8 Å². The van der Waals surface area contributed by atoms with E-state index in [9.17, 15) is 14.4 Å². The second kappa shape index (κ2) is 11.5. The minimum Gasteiger partial charge on any atom is -0.494 e. The van der Waals surface area contributed by atoms with Crippen LogP contribution in [-0.4, -0.2) is 37.7 Å². The molecule has 180 valence electrons. The molecule has 0 aliphatic carbocycles. The van der Waals surface area contributed by atoms with Crippen molar-refractivity contribution in [2.24, 2.45) is 0 Å². The van der Waals surface area contributed by atoms with Crippen LogP contribution in [0.15, 0.2) is 28.7 Å². The Labute approximate surface area is 194 Å². The van der Waals surface area contributed by atoms with Gasteiger partial charge in [0.25, 0.3) is 0 Å². The third-order valence-electron chi connectivity index (χ3n) is 4.83. The molecule has 0 saturated heterocycles. The first-order valence-electron chi connectivity index (χ1n) is 11.1. The highest BCUT2D eigenvalue weighted by Gasteiger charge is 2.31. The molecule has 0 atom stereocenters. The Kier molecular flexibility index (Phi) is 9.08. The molecule has 8 nitrogen and oxygen atoms in total. The van der Waals surface area contributed by atoms with Gasteiger partial charge in [0.1, 0.15) is 22.6 Å². The van der Waals surface area contributed by atoms with Gasteiger partial charge in [-0.05, 0) is 50.3 Å². The maximum Gasteiger partial charge on any atom is 0.344 e. The molecule has 0 aliphatic heterocycles. The van der Waals surface area contributed by atoms with Crippen molar-refractivity contribution in [2.75, 3.05) is 25.1 Å². The minimum absolute atomic E-state index is 0.0485. The number of carbonyl (C=O) groups is 3. The largest absolute Gasteiger partial charge is 0.494 e. The Morgan fingerprint density at radius 1 is 0.939 bits per heavy atom. The number of rotatable bonds is 10. The first-order chi connectivity index (χ1) is 15.6. The summed E-state index contributed by atoms with van der Waals surface area (Å²) < 4.78 is 21.3. The van der Waals surface area contributed by atoms with Gasteiger partial charge in [0.2, 0.25) is 11.8 Å². The normalized spacial score (nSPS) is 11.1. The summed E-state index contributed by atoms with van der Waals surface area (Å²) in [5.74, 6) is -1.10. The monoisotopic (exact) mass is 459 g/mol. The van der Waals surface area contributed by atoms with Crippen molar-refractivity contribution >= 4 is 23.7 Å². The van der Waals surface area contributed by atoms with Crippen LogP contribution in [0.4, 0.5) is 5.88 Å². The van der Waals surface area contributed by atoms with Gasteiger partial charge >= 0.3 is 11.9 Å². The molecule has 0 radical (unpaired) electrons. The fraction of sp³-hybridized carbons (Fsp3) is 0.480. The van der Waals surface area contributed by atoms with E-state index in [2.05, 4.69) is 26.1 Å². The van der Waals surface area contributed by atoms with Crippen LogP contribution in [0.25, 0.3) is 0 Å². The van der Waals surface area contributed by atoms with Gasteiger partial charge in [-0.3, -0.25) is 10.1 Å². The van der Waals surface area contributed by atoms with Crippen LogP contribution in [-0.2, 0) is 19.7 Å². The highest BCUT2D eigenvalue weighted by atomic mass is 16.5. The Hall–Kier alpha value is -3.29. The molecule has 1 aromatic heterocycles. The minimum atomic E-state index is -0.769. The predicted octanol–water partition coefficient (Wildman–Crippen LogP) is 5.04. The van der Waals surface area contributed by atoms with Crippen molar-refractivity contribution in [3.8, 4) is 5.75 Å². The van der Waals surface area contributed by atoms with Gasteiger partial charge < -0.3 is 18.6 Å². The number of furan rings is 1. The lowest BCUT2D eigenvalue weighted by molar-refractivity contribution is -0.116. The van der Waals surface area contributed by atoms with E-state index in [1.807, 2.05) is 24.3 Å². The summed E-state index contributed by atoms with van der Waals surface area (Å²) >= 11 is 0. The van der Waals surface area contributed by atoms with E-state index in [-0.39, 0.29) is 53.7 Å². The van der Waals surface area contributed by atoms with E-state index >= 15 is 0 Å². The fourth-order valence-corrected chi connectivity index (χ4v) is 3.14. The van der Waals surface area contributed by atoms with Crippen LogP contribution in [0.5, 0.6) is 5.75 Å². The van der Waals surface area contributed by atoms with Gasteiger partial charge in [0.05, 0.1) is 19.8 Å². The van der Waals surface area contributed by atoms with Crippen molar-refractivity contribution in [2.45, 2.75) is 59.8 Å². The van der Waals surface area contributed by atoms with Crippen molar-refractivity contribution in [3.05, 3.63) is 46.7 Å². The number of hydrogen-bond acceptors (Lipinski definition) is 7. The first-order valence-corrected chi connectivity index (χ1v) is 11.1. The maximum atomic E-state index is 12.4. The SMILES string of the molecule is CCOC(=O)c1c(C)oc(NC(=O)CCCOc2ccc(C(C)(C)C)cc2)c1C(=O)OCC. The van der Waals surface area contributed by atoms with Gasteiger partial charge in [0.15, 0.2) is 0 Å². The molecule has 1 amide bonds. The standard InChI is InChI=1S/C25H33NO7/c1-7-30-23(28)20-16(3)33-22(21(20)24(29)31-8-2)26-19(27)10-9-15-32-18-13-11-17(12-14-18)25(4,5)6/h11-14H,7-10,15H2,1-6H3,(H,26,27). The number of carbonyl (C=O) groups excluding carboxylic acids is 3. The molecule has 0 saturated carbocycles. The Bertz CT molecular complexity index is 968. The number of anilines is 1. The zero-order valence-electron chi connectivity index (χ0n) is 20.2. The molecule has 2 aromatic rings. The molecule has 2 rings (SSSR count). The lowest BCUT2D eigenvalue weighted by Crippen LogP contribution is -2.17. The van der Waals surface area contributed by atoms with E-state index in [4.69, 9.17) is 18.6 Å². The molecule has 33 heavy (non-hydrogen) atoms. The van der Waals surface area contributed by atoms with Crippen LogP contribution in [0.2, 0.25) is 0 Å². The van der Waals surface area contributed by atoms with Crippen molar-refractivity contribution in [1.82, 2.24) is 0 Å². The number of esters is 2. The Morgan fingerprint density at radius 2 is 1.52 bits per heavy atom. The van der Waals surface area contributed by atoms with Crippen LogP contribution >= 0.6 is 0 Å². The molecular weight excluding hydrogens is 426 g/mol. The average molecular weight is 460 g/mol. The Morgan fingerprint density at radius 3 is 2.06 bits per heavy atom. The zero-order valence-corrected chi connectivity index (χ0v) is 20.2. The van der Waals surface area contributed by atoms with Crippen LogP contribution in [0.1, 0.15) is 79.5 Å². The summed E-state index contributed by atoms with van der Waals surface area (Å²) in [6.07, 6.45) is 0.586. The zero-order chi connectivity index (χ0) is 24.6. The van der Waals surface area contributed by atoms with E-state index in [1.165, 1.54) is 12.5 Å². The summed E-state index contributed by atoms with van der Waals surface area (Å²) in [6, 6.07) is 7.88. The summed E-state index contributed by atoms with van der Waals surface area (Å²) in [5.41, 5.74) is 1.09. The number of amides is 1. The first kappa shape index (κ1) is 26.0. The van der Waals surface area contributed by atoms with Crippen molar-refractivity contribution in [1.29, 1.82) is 0 Å². The summed E-state index contributed by atoms with van der Waals surface area (Å²) in [7, 11) is 0. The quantitative estimate of drug-likeness (QED) is 0.392. The molecule has 1 N–H and O–H groups in total. The summed E-state index contributed by atoms with van der Waals surface area (Å²) in [6.45, 7) is 11.8. The second-order valence-corrected chi connectivity index (χ2v) is 8.45. The van der Waals surface area contributed by atoms with Crippen LogP contribution in [0.3, 0.4) is 0 Å². The number of hydrogen-bond donors (Lipinski definition) is 1. The third kappa shape index (κ3) is 7.10. The molecule has 8 heteroatoms. The smallest absolute Gasteiger partial charge is 0.344 e. The van der Waals surface area contributed by atoms with Crippen molar-refractivity contribution < 1.29 is 33.0 Å². The highest BCUT2D eigenvalue weighted by molar-refractivity contribution is 6.09. The van der Waals surface area contributed by atoms with Crippen LogP contribution < -0.4 is 10.1 Å². The molecule has 0 unspecified atom stereocenters. The maximum absolute atomic E-state index is 12.4. The lowest BCUT2D eigenvalue weighted by atomic mass is 9.87. The average Bonchev–Trinajstić information content (AvgIpc) is 3.07. The van der Waals surface area contributed by atoms with Gasteiger partial charge in [-0.15, -0.1) is 0 Å². The van der Waals surface area contributed by atoms with Gasteiger partial charge in [-0.1, -0.05) is 32.9 Å². The lowest BCUT2D eigenvalue weighted by Gasteiger charge is -2.19. The summed E-state index contributed by atoms with van der Waals surface area (Å²) in [5, 5.41) is 2.56. The van der Waals surface area contributed by atoms with Gasteiger partial charge in [-0.2, -0.15) is 0 Å². The fourth-order valence-electron chi connectivity index (χ4n) is 3.14. The molecule has 0 spiro atoms. The molecular formula is C25H33NO7. The molecule has 1 heterocycles. The topological polar surface area (TPSA) is 104 Å². The van der Waals surface area contributed by atoms with Crippen LogP contribution in [0, 0.1) is 6.92 Å². The Balaban J connectivity index is 1.98. The van der Waals surface area contributed by atoms with E-state index in [0.717, 1.165) is 5.75 Å². The number of aryl methyl sites for hydroxylation is 1. The van der Waals surface area contributed by atoms with Gasteiger partial charge in [-0.25, -0.2) is 9.59 Å².